The van der Waals surface area contributed by atoms with Gasteiger partial charge in [-0.05, 0) is 106 Å². The molecule has 2 aromatic heterocycles. The summed E-state index contributed by atoms with van der Waals surface area (Å²) in [5.41, 5.74) is 14.8. The molecular weight excluding hydrogens is 711 g/mol. The van der Waals surface area contributed by atoms with E-state index >= 15 is 0 Å². The zero-order chi connectivity index (χ0) is 37.7. The van der Waals surface area contributed by atoms with Gasteiger partial charge in [-0.15, -0.1) is 11.3 Å². The topological polar surface area (TPSA) is 16.4 Å². The maximum atomic E-state index is 6.38. The Morgan fingerprint density at radius 3 is 1.37 bits per heavy atom. The second-order valence-electron chi connectivity index (χ2n) is 14.5. The smallest absolute Gasteiger partial charge is 0.136 e. The molecule has 2 nitrogen and oxygen atoms in total. The Labute approximate surface area is 335 Å². The first kappa shape index (κ1) is 33.2. The highest BCUT2D eigenvalue weighted by Crippen LogP contribution is 2.47. The lowest BCUT2D eigenvalue weighted by atomic mass is 9.95. The molecule has 11 aromatic rings. The maximum absolute atomic E-state index is 6.38. The predicted molar refractivity (Wildman–Crippen MR) is 243 cm³/mol. The van der Waals surface area contributed by atoms with Crippen LogP contribution in [0.3, 0.4) is 0 Å². The first-order valence-electron chi connectivity index (χ1n) is 19.3. The third kappa shape index (κ3) is 5.88. The predicted octanol–water partition coefficient (Wildman–Crippen LogP) is 16.1. The van der Waals surface area contributed by atoms with Crippen molar-refractivity contribution in [1.82, 2.24) is 0 Å². The highest BCUT2D eigenvalue weighted by molar-refractivity contribution is 7.26. The second kappa shape index (κ2) is 13.8. The standard InChI is InChI=1S/C54H35NOS/c1-4-12-36(13-5-1)39-20-26-43(27-21-39)55(44-28-22-40(23-29-44)37-14-6-2-7-15-37)45-30-24-41(25-31-45)47-34-42(38-16-8-3-9-17-38)35-48-53-51(57-54(47)48)33-32-50-52(53)46-18-10-11-19-49(46)56-50/h1-35H. The van der Waals surface area contributed by atoms with Crippen LogP contribution < -0.4 is 4.90 Å². The van der Waals surface area contributed by atoms with Crippen LogP contribution in [-0.2, 0) is 0 Å². The van der Waals surface area contributed by atoms with Gasteiger partial charge in [-0.3, -0.25) is 0 Å². The van der Waals surface area contributed by atoms with E-state index in [1.807, 2.05) is 17.4 Å². The van der Waals surface area contributed by atoms with Gasteiger partial charge in [-0.2, -0.15) is 0 Å². The van der Waals surface area contributed by atoms with Gasteiger partial charge in [0.2, 0.25) is 0 Å². The summed E-state index contributed by atoms with van der Waals surface area (Å²) in [5, 5.41) is 4.86. The van der Waals surface area contributed by atoms with Gasteiger partial charge in [-0.25, -0.2) is 0 Å². The molecule has 0 aliphatic heterocycles. The Kier molecular flexibility index (Phi) is 8.04. The summed E-state index contributed by atoms with van der Waals surface area (Å²) in [6.45, 7) is 0. The number of para-hydroxylation sites is 1. The molecule has 11 rings (SSSR count). The zero-order valence-electron chi connectivity index (χ0n) is 31.0. The van der Waals surface area contributed by atoms with Crippen LogP contribution in [0.5, 0.6) is 0 Å². The molecular formula is C54H35NOS. The van der Waals surface area contributed by atoms with Gasteiger partial charge < -0.3 is 9.32 Å². The van der Waals surface area contributed by atoms with Gasteiger partial charge in [0.15, 0.2) is 0 Å². The third-order valence-electron chi connectivity index (χ3n) is 11.1. The van der Waals surface area contributed by atoms with E-state index in [-0.39, 0.29) is 0 Å². The third-order valence-corrected chi connectivity index (χ3v) is 12.3. The molecule has 0 aliphatic carbocycles. The van der Waals surface area contributed by atoms with Gasteiger partial charge in [-0.1, -0.05) is 146 Å². The Morgan fingerprint density at radius 1 is 0.333 bits per heavy atom. The molecule has 0 saturated carbocycles. The van der Waals surface area contributed by atoms with E-state index in [0.29, 0.717) is 0 Å². The maximum Gasteiger partial charge on any atom is 0.136 e. The van der Waals surface area contributed by atoms with E-state index in [1.165, 1.54) is 70.1 Å². The van der Waals surface area contributed by atoms with Crippen LogP contribution in [0.2, 0.25) is 0 Å². The molecule has 0 radical (unpaired) electrons. The Bertz CT molecular complexity index is 3100. The first-order chi connectivity index (χ1) is 28.2. The lowest BCUT2D eigenvalue weighted by molar-refractivity contribution is 0.669. The summed E-state index contributed by atoms with van der Waals surface area (Å²) in [5.74, 6) is 0. The number of hydrogen-bond acceptors (Lipinski definition) is 3. The molecule has 0 aliphatic rings. The highest BCUT2D eigenvalue weighted by atomic mass is 32.1. The molecule has 3 heteroatoms. The number of anilines is 3. The average Bonchev–Trinajstić information content (AvgIpc) is 3.86. The average molecular weight is 746 g/mol. The molecule has 0 bridgehead atoms. The number of rotatable bonds is 7. The minimum absolute atomic E-state index is 0.920. The van der Waals surface area contributed by atoms with Crippen LogP contribution in [0.25, 0.3) is 86.6 Å². The monoisotopic (exact) mass is 745 g/mol. The summed E-state index contributed by atoms with van der Waals surface area (Å²) in [7, 11) is 0. The van der Waals surface area contributed by atoms with E-state index in [0.717, 1.165) is 33.6 Å². The number of fused-ring (bicyclic) bond motifs is 7. The molecule has 9 aromatic carbocycles. The van der Waals surface area contributed by atoms with Gasteiger partial charge >= 0.3 is 0 Å². The minimum Gasteiger partial charge on any atom is -0.456 e. The number of benzene rings is 9. The highest BCUT2D eigenvalue weighted by Gasteiger charge is 2.20. The van der Waals surface area contributed by atoms with Gasteiger partial charge in [0.05, 0.1) is 0 Å². The van der Waals surface area contributed by atoms with Crippen LogP contribution >= 0.6 is 11.3 Å². The molecule has 57 heavy (non-hydrogen) atoms. The Balaban J connectivity index is 1.06. The SMILES string of the molecule is c1ccc(-c2ccc(N(c3ccc(-c4ccccc4)cc3)c3ccc(-c4cc(-c5ccccc5)cc5c4sc4ccc6oc7ccccc7c6c45)cc3)cc2)cc1. The molecule has 0 spiro atoms. The molecule has 0 N–H and O–H groups in total. The number of nitrogens with zero attached hydrogens (tertiary/aromatic N) is 1. The summed E-state index contributed by atoms with van der Waals surface area (Å²) in [6.07, 6.45) is 0. The van der Waals surface area contributed by atoms with E-state index < -0.39 is 0 Å². The fourth-order valence-corrected chi connectivity index (χ4v) is 9.53. The molecule has 0 saturated heterocycles. The summed E-state index contributed by atoms with van der Waals surface area (Å²) in [6, 6.07) is 76.3. The summed E-state index contributed by atoms with van der Waals surface area (Å²) < 4.78 is 8.91. The normalized spacial score (nSPS) is 11.5. The van der Waals surface area contributed by atoms with Crippen LogP contribution in [-0.4, -0.2) is 0 Å². The largest absolute Gasteiger partial charge is 0.456 e. The van der Waals surface area contributed by atoms with Gasteiger partial charge in [0.1, 0.15) is 11.2 Å². The summed E-state index contributed by atoms with van der Waals surface area (Å²) >= 11 is 1.86. The van der Waals surface area contributed by atoms with E-state index in [4.69, 9.17) is 4.42 Å². The van der Waals surface area contributed by atoms with E-state index in [1.54, 1.807) is 0 Å². The van der Waals surface area contributed by atoms with E-state index in [9.17, 15) is 0 Å². The van der Waals surface area contributed by atoms with Crippen LogP contribution in [0.4, 0.5) is 17.1 Å². The molecule has 0 amide bonds. The molecule has 0 atom stereocenters. The van der Waals surface area contributed by atoms with Crippen molar-refractivity contribution in [3.8, 4) is 44.5 Å². The van der Waals surface area contributed by atoms with Crippen molar-refractivity contribution in [1.29, 1.82) is 0 Å². The fourth-order valence-electron chi connectivity index (χ4n) is 8.30. The van der Waals surface area contributed by atoms with Crippen LogP contribution in [0.15, 0.2) is 217 Å². The summed E-state index contributed by atoms with van der Waals surface area (Å²) in [4.78, 5) is 2.35. The van der Waals surface area contributed by atoms with Crippen LogP contribution in [0.1, 0.15) is 0 Å². The lowest BCUT2D eigenvalue weighted by Gasteiger charge is -2.26. The molecule has 2 heterocycles. The number of hydrogen-bond donors (Lipinski definition) is 0. The van der Waals surface area contributed by atoms with Crippen molar-refractivity contribution in [3.63, 3.8) is 0 Å². The fraction of sp³-hybridized carbons (Fsp3) is 0. The van der Waals surface area contributed by atoms with Crippen LogP contribution in [0, 0.1) is 0 Å². The van der Waals surface area contributed by atoms with Gasteiger partial charge in [0.25, 0.3) is 0 Å². The Hall–Kier alpha value is -7.20. The lowest BCUT2D eigenvalue weighted by Crippen LogP contribution is -2.09. The number of furan rings is 1. The molecule has 0 unspecified atom stereocenters. The quantitative estimate of drug-likeness (QED) is 0.162. The van der Waals surface area contributed by atoms with Gasteiger partial charge in [0, 0.05) is 53.6 Å². The first-order valence-corrected chi connectivity index (χ1v) is 20.1. The number of thiophene rings is 1. The van der Waals surface area contributed by atoms with E-state index in [2.05, 4.69) is 211 Å². The van der Waals surface area contributed by atoms with Crippen molar-refractivity contribution in [2.75, 3.05) is 4.90 Å². The minimum atomic E-state index is 0.920. The molecule has 0 fully saturated rings. The van der Waals surface area contributed by atoms with Crippen molar-refractivity contribution >= 4 is 70.5 Å². The van der Waals surface area contributed by atoms with Crippen molar-refractivity contribution in [3.05, 3.63) is 212 Å². The van der Waals surface area contributed by atoms with Crippen molar-refractivity contribution in [2.45, 2.75) is 0 Å². The van der Waals surface area contributed by atoms with Crippen molar-refractivity contribution < 1.29 is 4.42 Å². The molecule has 268 valence electrons. The Morgan fingerprint density at radius 2 is 0.807 bits per heavy atom. The van der Waals surface area contributed by atoms with Crippen molar-refractivity contribution in [2.24, 2.45) is 0 Å². The zero-order valence-corrected chi connectivity index (χ0v) is 31.8. The second-order valence-corrected chi connectivity index (χ2v) is 15.5.